The van der Waals surface area contributed by atoms with E-state index in [1.807, 2.05) is 36.6 Å². The molecule has 0 fully saturated rings. The lowest BCUT2D eigenvalue weighted by molar-refractivity contribution is -0.131. The number of fused-ring (bicyclic) bond motifs is 1. The highest BCUT2D eigenvalue weighted by Crippen LogP contribution is 2.32. The Morgan fingerprint density at radius 2 is 1.73 bits per heavy atom. The third kappa shape index (κ3) is 3.96. The highest BCUT2D eigenvalue weighted by molar-refractivity contribution is 7.98. The zero-order chi connectivity index (χ0) is 18.5. The van der Waals surface area contributed by atoms with Crippen LogP contribution in [0.2, 0.25) is 0 Å². The summed E-state index contributed by atoms with van der Waals surface area (Å²) in [5.74, 6) is 1.11. The molecule has 0 spiro atoms. The van der Waals surface area contributed by atoms with Gasteiger partial charge in [-0.25, -0.2) is 0 Å². The number of hydrogen-bond acceptors (Lipinski definition) is 2. The van der Waals surface area contributed by atoms with E-state index in [2.05, 4.69) is 60.2 Å². The first-order chi connectivity index (χ1) is 12.6. The lowest BCUT2D eigenvalue weighted by Gasteiger charge is -2.19. The number of hydrogen-bond donors (Lipinski definition) is 0. The Balaban J connectivity index is 1.85. The van der Waals surface area contributed by atoms with Crippen LogP contribution in [-0.2, 0) is 17.1 Å². The Labute approximate surface area is 160 Å². The van der Waals surface area contributed by atoms with E-state index in [-0.39, 0.29) is 5.91 Å². The van der Waals surface area contributed by atoms with Crippen LogP contribution in [0, 0.1) is 6.92 Å². The van der Waals surface area contributed by atoms with Crippen molar-refractivity contribution >= 4 is 28.6 Å². The normalized spacial score (nSPS) is 11.0. The topological polar surface area (TPSA) is 25.2 Å². The maximum absolute atomic E-state index is 12.5. The van der Waals surface area contributed by atoms with Crippen LogP contribution in [0.1, 0.15) is 25.0 Å². The van der Waals surface area contributed by atoms with Crippen LogP contribution in [-0.4, -0.2) is 28.5 Å². The van der Waals surface area contributed by atoms with Crippen molar-refractivity contribution in [1.29, 1.82) is 0 Å². The van der Waals surface area contributed by atoms with Crippen LogP contribution in [0.4, 0.5) is 0 Å². The van der Waals surface area contributed by atoms with Crippen LogP contribution in [0.5, 0.6) is 0 Å². The fourth-order valence-electron chi connectivity index (χ4n) is 3.21. The van der Waals surface area contributed by atoms with E-state index in [0.29, 0.717) is 6.54 Å². The number of para-hydroxylation sites is 1. The molecule has 0 saturated heterocycles. The molecule has 0 aliphatic rings. The molecule has 136 valence electrons. The first-order valence-electron chi connectivity index (χ1n) is 9.17. The number of thioether (sulfide) groups is 1. The monoisotopic (exact) mass is 366 g/mol. The average molecular weight is 367 g/mol. The second-order valence-electron chi connectivity index (χ2n) is 6.42. The van der Waals surface area contributed by atoms with Gasteiger partial charge in [-0.15, -0.1) is 11.8 Å². The number of aryl methyl sites for hydroxylation is 1. The highest BCUT2D eigenvalue weighted by atomic mass is 32.2. The molecule has 0 N–H and O–H groups in total. The number of carbonyl (C=O) groups excluding carboxylic acids is 1. The third-order valence-corrected chi connectivity index (χ3v) is 5.91. The Bertz CT molecular complexity index is 896. The van der Waals surface area contributed by atoms with E-state index in [0.717, 1.165) is 24.4 Å². The van der Waals surface area contributed by atoms with E-state index in [1.54, 1.807) is 0 Å². The fraction of sp³-hybridized carbons (Fsp3) is 0.318. The predicted molar refractivity (Wildman–Crippen MR) is 111 cm³/mol. The Morgan fingerprint density at radius 1 is 1.04 bits per heavy atom. The minimum absolute atomic E-state index is 0.172. The average Bonchev–Trinajstić information content (AvgIpc) is 3.00. The standard InChI is InChI=1S/C22H26N2OS/c1-4-23(5-2)22(25)15-24-14-21(19-12-8-9-13-20(19)24)26-16-18-11-7-6-10-17(18)3/h6-14H,4-5,15-16H2,1-3H3. The Kier molecular flexibility index (Phi) is 6.04. The molecule has 0 radical (unpaired) electrons. The molecule has 2 aromatic carbocycles. The first-order valence-corrected chi connectivity index (χ1v) is 10.2. The van der Waals surface area contributed by atoms with Gasteiger partial charge in [0, 0.05) is 40.8 Å². The van der Waals surface area contributed by atoms with Gasteiger partial charge in [0.2, 0.25) is 5.91 Å². The molecule has 1 amide bonds. The van der Waals surface area contributed by atoms with Crippen LogP contribution < -0.4 is 0 Å². The maximum atomic E-state index is 12.5. The number of aromatic nitrogens is 1. The SMILES string of the molecule is CCN(CC)C(=O)Cn1cc(SCc2ccccc2C)c2ccccc21. The van der Waals surface area contributed by atoms with Gasteiger partial charge in [-0.1, -0.05) is 42.5 Å². The second-order valence-corrected chi connectivity index (χ2v) is 7.44. The molecule has 3 aromatic rings. The number of benzene rings is 2. The van der Waals surface area contributed by atoms with Gasteiger partial charge in [0.15, 0.2) is 0 Å². The second kappa shape index (κ2) is 8.45. The van der Waals surface area contributed by atoms with Gasteiger partial charge in [0.1, 0.15) is 6.54 Å². The van der Waals surface area contributed by atoms with Gasteiger partial charge in [-0.3, -0.25) is 4.79 Å². The summed E-state index contributed by atoms with van der Waals surface area (Å²) < 4.78 is 2.09. The van der Waals surface area contributed by atoms with Crippen molar-refractivity contribution in [2.75, 3.05) is 13.1 Å². The Morgan fingerprint density at radius 3 is 2.46 bits per heavy atom. The molecular formula is C22H26N2OS. The number of carbonyl (C=O) groups is 1. The predicted octanol–water partition coefficient (Wildman–Crippen LogP) is 5.11. The summed E-state index contributed by atoms with van der Waals surface area (Å²) in [5, 5.41) is 1.22. The molecule has 0 saturated carbocycles. The summed E-state index contributed by atoms with van der Waals surface area (Å²) >= 11 is 1.84. The van der Waals surface area contributed by atoms with Crippen LogP contribution in [0.15, 0.2) is 59.6 Å². The fourth-order valence-corrected chi connectivity index (χ4v) is 4.37. The van der Waals surface area contributed by atoms with E-state index in [1.165, 1.54) is 21.4 Å². The lowest BCUT2D eigenvalue weighted by atomic mass is 10.1. The number of likely N-dealkylation sites (N-methyl/N-ethyl adjacent to an activating group) is 1. The molecule has 26 heavy (non-hydrogen) atoms. The molecule has 0 aliphatic heterocycles. The molecule has 3 rings (SSSR count). The van der Waals surface area contributed by atoms with Crippen molar-refractivity contribution in [2.45, 2.75) is 38.0 Å². The van der Waals surface area contributed by atoms with Crippen molar-refractivity contribution in [3.8, 4) is 0 Å². The van der Waals surface area contributed by atoms with Crippen molar-refractivity contribution in [1.82, 2.24) is 9.47 Å². The van der Waals surface area contributed by atoms with Gasteiger partial charge >= 0.3 is 0 Å². The van der Waals surface area contributed by atoms with Crippen molar-refractivity contribution in [3.05, 3.63) is 65.9 Å². The Hall–Kier alpha value is -2.20. The van der Waals surface area contributed by atoms with Gasteiger partial charge in [-0.05, 0) is 38.0 Å². The lowest BCUT2D eigenvalue weighted by Crippen LogP contribution is -2.33. The summed E-state index contributed by atoms with van der Waals surface area (Å²) in [4.78, 5) is 15.7. The van der Waals surface area contributed by atoms with Gasteiger partial charge in [-0.2, -0.15) is 0 Å². The van der Waals surface area contributed by atoms with Crippen molar-refractivity contribution in [2.24, 2.45) is 0 Å². The molecule has 0 unspecified atom stereocenters. The smallest absolute Gasteiger partial charge is 0.242 e. The largest absolute Gasteiger partial charge is 0.342 e. The van der Waals surface area contributed by atoms with Crippen molar-refractivity contribution < 1.29 is 4.79 Å². The van der Waals surface area contributed by atoms with E-state index in [9.17, 15) is 4.79 Å². The molecule has 0 aliphatic carbocycles. The summed E-state index contributed by atoms with van der Waals surface area (Å²) in [6, 6.07) is 16.9. The minimum atomic E-state index is 0.172. The highest BCUT2D eigenvalue weighted by Gasteiger charge is 2.14. The number of rotatable bonds is 7. The van der Waals surface area contributed by atoms with Gasteiger partial charge in [0.05, 0.1) is 0 Å². The van der Waals surface area contributed by atoms with Gasteiger partial charge < -0.3 is 9.47 Å². The van der Waals surface area contributed by atoms with E-state index in [4.69, 9.17) is 0 Å². The summed E-state index contributed by atoms with van der Waals surface area (Å²) in [7, 11) is 0. The number of nitrogens with zero attached hydrogens (tertiary/aromatic N) is 2. The zero-order valence-corrected chi connectivity index (χ0v) is 16.6. The summed E-state index contributed by atoms with van der Waals surface area (Å²) in [6.07, 6.45) is 2.13. The van der Waals surface area contributed by atoms with E-state index < -0.39 is 0 Å². The van der Waals surface area contributed by atoms with Crippen molar-refractivity contribution in [3.63, 3.8) is 0 Å². The minimum Gasteiger partial charge on any atom is -0.342 e. The summed E-state index contributed by atoms with van der Waals surface area (Å²) in [5.41, 5.74) is 3.80. The maximum Gasteiger partial charge on any atom is 0.242 e. The summed E-state index contributed by atoms with van der Waals surface area (Å²) in [6.45, 7) is 8.11. The molecule has 0 atom stereocenters. The third-order valence-electron chi connectivity index (χ3n) is 4.82. The van der Waals surface area contributed by atoms with E-state index >= 15 is 0 Å². The molecule has 3 nitrogen and oxygen atoms in total. The van der Waals surface area contributed by atoms with Crippen LogP contribution in [0.3, 0.4) is 0 Å². The molecule has 1 aromatic heterocycles. The first kappa shape index (κ1) is 18.6. The molecule has 4 heteroatoms. The quantitative estimate of drug-likeness (QED) is 0.543. The molecule has 0 bridgehead atoms. The molecular weight excluding hydrogens is 340 g/mol. The van der Waals surface area contributed by atoms with Crippen LogP contribution >= 0.6 is 11.8 Å². The van der Waals surface area contributed by atoms with Gasteiger partial charge in [0.25, 0.3) is 0 Å². The zero-order valence-electron chi connectivity index (χ0n) is 15.7. The van der Waals surface area contributed by atoms with Crippen LogP contribution in [0.25, 0.3) is 10.9 Å². The number of amides is 1. The molecule has 1 heterocycles.